The van der Waals surface area contributed by atoms with Crippen molar-refractivity contribution in [1.82, 2.24) is 10.6 Å². The van der Waals surface area contributed by atoms with Crippen molar-refractivity contribution in [2.75, 3.05) is 18.5 Å². The van der Waals surface area contributed by atoms with Crippen LogP contribution in [0.2, 0.25) is 0 Å². The Balaban J connectivity index is 2.53. The van der Waals surface area contributed by atoms with Crippen molar-refractivity contribution in [2.24, 2.45) is 0 Å². The lowest BCUT2D eigenvalue weighted by Gasteiger charge is -2.23. The van der Waals surface area contributed by atoms with Crippen LogP contribution >= 0.6 is 0 Å². The van der Waals surface area contributed by atoms with Crippen molar-refractivity contribution in [3.63, 3.8) is 0 Å². The highest BCUT2D eigenvalue weighted by Gasteiger charge is 2.18. The van der Waals surface area contributed by atoms with Crippen molar-refractivity contribution in [2.45, 2.75) is 25.8 Å². The van der Waals surface area contributed by atoms with E-state index in [1.165, 1.54) is 0 Å². The third-order valence-electron chi connectivity index (χ3n) is 2.86. The zero-order valence-electron chi connectivity index (χ0n) is 13.0. The summed E-state index contributed by atoms with van der Waals surface area (Å²) in [6.07, 6.45) is 1.81. The first-order valence-electron chi connectivity index (χ1n) is 7.03. The Kier molecular flexibility index (Phi) is 6.59. The number of carbonyl (C=O) groups is 2. The van der Waals surface area contributed by atoms with Gasteiger partial charge in [0.1, 0.15) is 0 Å². The van der Waals surface area contributed by atoms with Crippen LogP contribution in [0.1, 0.15) is 19.4 Å². The third-order valence-corrected chi connectivity index (χ3v) is 2.86. The van der Waals surface area contributed by atoms with E-state index in [-0.39, 0.29) is 25.0 Å². The number of hydrogen-bond acceptors (Lipinski definition) is 3. The SMILES string of the molecule is C=CCNC(=O)Nc1ccc(CC(=O)NC(C)(C)CO)cc1. The molecule has 0 atom stereocenters. The largest absolute Gasteiger partial charge is 0.394 e. The molecule has 3 amide bonds. The van der Waals surface area contributed by atoms with E-state index in [4.69, 9.17) is 5.11 Å². The van der Waals surface area contributed by atoms with Gasteiger partial charge in [-0.3, -0.25) is 4.79 Å². The highest BCUT2D eigenvalue weighted by Crippen LogP contribution is 2.10. The standard InChI is InChI=1S/C16H23N3O3/c1-4-9-17-15(22)18-13-7-5-12(6-8-13)10-14(21)19-16(2,3)11-20/h4-8,20H,1,9-11H2,2-3H3,(H,19,21)(H2,17,18,22). The fraction of sp³-hybridized carbons (Fsp3) is 0.375. The second kappa shape index (κ2) is 8.19. The van der Waals surface area contributed by atoms with E-state index in [2.05, 4.69) is 22.5 Å². The molecule has 6 nitrogen and oxygen atoms in total. The molecule has 0 radical (unpaired) electrons. The van der Waals surface area contributed by atoms with E-state index in [1.54, 1.807) is 44.2 Å². The summed E-state index contributed by atoms with van der Waals surface area (Å²) >= 11 is 0. The van der Waals surface area contributed by atoms with Gasteiger partial charge >= 0.3 is 6.03 Å². The minimum atomic E-state index is -0.637. The van der Waals surface area contributed by atoms with Crippen LogP contribution in [0.25, 0.3) is 0 Å². The van der Waals surface area contributed by atoms with Gasteiger partial charge in [-0.25, -0.2) is 4.79 Å². The first-order valence-corrected chi connectivity index (χ1v) is 7.03. The summed E-state index contributed by atoms with van der Waals surface area (Å²) in [7, 11) is 0. The second-order valence-corrected chi connectivity index (χ2v) is 5.59. The molecule has 1 aromatic rings. The maximum Gasteiger partial charge on any atom is 0.319 e. The number of rotatable bonds is 7. The van der Waals surface area contributed by atoms with Crippen molar-refractivity contribution in [3.05, 3.63) is 42.5 Å². The highest BCUT2D eigenvalue weighted by molar-refractivity contribution is 5.89. The lowest BCUT2D eigenvalue weighted by Crippen LogP contribution is -2.46. The first-order chi connectivity index (χ1) is 10.4. The molecule has 1 aromatic carbocycles. The molecule has 4 N–H and O–H groups in total. The van der Waals surface area contributed by atoms with Crippen LogP contribution in [-0.2, 0) is 11.2 Å². The van der Waals surface area contributed by atoms with E-state index in [0.29, 0.717) is 12.2 Å². The molecule has 120 valence electrons. The van der Waals surface area contributed by atoms with E-state index < -0.39 is 5.54 Å². The number of urea groups is 1. The summed E-state index contributed by atoms with van der Waals surface area (Å²) in [5.74, 6) is -0.163. The van der Waals surface area contributed by atoms with Gasteiger partial charge in [-0.1, -0.05) is 18.2 Å². The van der Waals surface area contributed by atoms with E-state index in [9.17, 15) is 9.59 Å². The van der Waals surface area contributed by atoms with Gasteiger partial charge in [0, 0.05) is 12.2 Å². The van der Waals surface area contributed by atoms with Crippen molar-refractivity contribution >= 4 is 17.6 Å². The average Bonchev–Trinajstić information content (AvgIpc) is 2.46. The number of anilines is 1. The van der Waals surface area contributed by atoms with Crippen LogP contribution in [0.3, 0.4) is 0 Å². The summed E-state index contributed by atoms with van der Waals surface area (Å²) in [6, 6.07) is 6.69. The zero-order valence-corrected chi connectivity index (χ0v) is 13.0. The molecule has 0 aliphatic heterocycles. The van der Waals surface area contributed by atoms with Crippen molar-refractivity contribution < 1.29 is 14.7 Å². The van der Waals surface area contributed by atoms with E-state index >= 15 is 0 Å². The maximum atomic E-state index is 11.9. The Labute approximate surface area is 130 Å². The van der Waals surface area contributed by atoms with Crippen LogP contribution in [0.15, 0.2) is 36.9 Å². The van der Waals surface area contributed by atoms with Crippen molar-refractivity contribution in [1.29, 1.82) is 0 Å². The lowest BCUT2D eigenvalue weighted by molar-refractivity contribution is -0.122. The Hall–Kier alpha value is -2.34. The molecule has 0 saturated heterocycles. The lowest BCUT2D eigenvalue weighted by atomic mass is 10.1. The molecule has 0 bridgehead atoms. The van der Waals surface area contributed by atoms with Crippen molar-refractivity contribution in [3.8, 4) is 0 Å². The smallest absolute Gasteiger partial charge is 0.319 e. The van der Waals surface area contributed by atoms with E-state index in [1.807, 2.05) is 0 Å². The average molecular weight is 305 g/mol. The minimum absolute atomic E-state index is 0.124. The minimum Gasteiger partial charge on any atom is -0.394 e. The zero-order chi connectivity index (χ0) is 16.6. The normalized spacial score (nSPS) is 10.7. The number of amides is 3. The van der Waals surface area contributed by atoms with Gasteiger partial charge in [0.15, 0.2) is 0 Å². The predicted molar refractivity (Wildman–Crippen MR) is 86.7 cm³/mol. The Morgan fingerprint density at radius 3 is 2.45 bits per heavy atom. The molecule has 0 spiro atoms. The molecule has 0 unspecified atom stereocenters. The molecule has 0 fully saturated rings. The number of carbonyl (C=O) groups excluding carboxylic acids is 2. The van der Waals surface area contributed by atoms with Crippen LogP contribution < -0.4 is 16.0 Å². The monoisotopic (exact) mass is 305 g/mol. The van der Waals surface area contributed by atoms with Gasteiger partial charge in [0.05, 0.1) is 18.6 Å². The molecule has 0 saturated carbocycles. The van der Waals surface area contributed by atoms with Gasteiger partial charge in [-0.15, -0.1) is 6.58 Å². The number of benzene rings is 1. The topological polar surface area (TPSA) is 90.5 Å². The summed E-state index contributed by atoms with van der Waals surface area (Å²) in [5.41, 5.74) is 0.826. The van der Waals surface area contributed by atoms with Gasteiger partial charge in [-0.05, 0) is 31.5 Å². The van der Waals surface area contributed by atoms with Gasteiger partial charge in [0.25, 0.3) is 0 Å². The van der Waals surface area contributed by atoms with Gasteiger partial charge in [-0.2, -0.15) is 0 Å². The molecule has 0 aromatic heterocycles. The molecular formula is C16H23N3O3. The molecular weight excluding hydrogens is 282 g/mol. The Bertz CT molecular complexity index is 524. The number of aliphatic hydroxyl groups is 1. The second-order valence-electron chi connectivity index (χ2n) is 5.59. The number of aliphatic hydroxyl groups excluding tert-OH is 1. The quantitative estimate of drug-likeness (QED) is 0.574. The molecule has 0 aliphatic rings. The van der Waals surface area contributed by atoms with Gasteiger partial charge in [0.2, 0.25) is 5.91 Å². The maximum absolute atomic E-state index is 11.9. The molecule has 0 heterocycles. The summed E-state index contributed by atoms with van der Waals surface area (Å²) in [5, 5.41) is 17.1. The first kappa shape index (κ1) is 17.7. The third kappa shape index (κ3) is 6.41. The van der Waals surface area contributed by atoms with Crippen LogP contribution in [0.5, 0.6) is 0 Å². The number of hydrogen-bond donors (Lipinski definition) is 4. The highest BCUT2D eigenvalue weighted by atomic mass is 16.3. The fourth-order valence-corrected chi connectivity index (χ4v) is 1.69. The van der Waals surface area contributed by atoms with Crippen LogP contribution in [-0.4, -0.2) is 35.7 Å². The van der Waals surface area contributed by atoms with Gasteiger partial charge < -0.3 is 21.1 Å². The molecule has 6 heteroatoms. The molecule has 1 rings (SSSR count). The molecule has 0 aliphatic carbocycles. The van der Waals surface area contributed by atoms with E-state index in [0.717, 1.165) is 5.56 Å². The summed E-state index contributed by atoms with van der Waals surface area (Å²) in [6.45, 7) is 7.28. The Morgan fingerprint density at radius 2 is 1.91 bits per heavy atom. The summed E-state index contributed by atoms with van der Waals surface area (Å²) in [4.78, 5) is 23.3. The fourth-order valence-electron chi connectivity index (χ4n) is 1.69. The molecule has 22 heavy (non-hydrogen) atoms. The van der Waals surface area contributed by atoms with Crippen LogP contribution in [0.4, 0.5) is 10.5 Å². The predicted octanol–water partition coefficient (Wildman–Crippen LogP) is 1.42. The Morgan fingerprint density at radius 1 is 1.27 bits per heavy atom. The number of nitrogens with one attached hydrogen (secondary N) is 3. The van der Waals surface area contributed by atoms with Crippen LogP contribution in [0, 0.1) is 0 Å². The summed E-state index contributed by atoms with van der Waals surface area (Å²) < 4.78 is 0.